The highest BCUT2D eigenvalue weighted by molar-refractivity contribution is 9.10. The Morgan fingerprint density at radius 2 is 2.13 bits per heavy atom. The second-order valence-electron chi connectivity index (χ2n) is 4.91. The smallest absolute Gasteiger partial charge is 0.275 e. The van der Waals surface area contributed by atoms with Gasteiger partial charge in [-0.25, -0.2) is 0 Å². The molecular weight excluding hydrogens is 382 g/mol. The van der Waals surface area contributed by atoms with Crippen LogP contribution in [0.5, 0.6) is 0 Å². The molecule has 8 heteroatoms. The van der Waals surface area contributed by atoms with Crippen LogP contribution in [0.2, 0.25) is 5.02 Å². The number of rotatable bonds is 4. The van der Waals surface area contributed by atoms with Gasteiger partial charge < -0.3 is 5.32 Å². The van der Waals surface area contributed by atoms with E-state index in [9.17, 15) is 4.79 Å². The zero-order chi connectivity index (χ0) is 16.4. The van der Waals surface area contributed by atoms with Gasteiger partial charge in [0.1, 0.15) is 5.69 Å². The van der Waals surface area contributed by atoms with Crippen LogP contribution in [0, 0.1) is 0 Å². The maximum atomic E-state index is 12.2. The number of hydrogen-bond acceptors (Lipinski definition) is 3. The third-order valence-electron chi connectivity index (χ3n) is 3.29. The average molecular weight is 395 g/mol. The lowest BCUT2D eigenvalue weighted by Crippen LogP contribution is -2.17. The lowest BCUT2D eigenvalue weighted by atomic mass is 10.2. The number of carbonyl (C=O) groups is 1. The Labute approximate surface area is 146 Å². The van der Waals surface area contributed by atoms with E-state index in [1.165, 1.54) is 4.68 Å². The van der Waals surface area contributed by atoms with Gasteiger partial charge in [-0.15, -0.1) is 0 Å². The van der Waals surface area contributed by atoms with Crippen LogP contribution in [0.1, 0.15) is 16.1 Å². The van der Waals surface area contributed by atoms with Gasteiger partial charge in [0, 0.05) is 24.5 Å². The summed E-state index contributed by atoms with van der Waals surface area (Å²) in [4.78, 5) is 12.2. The molecule has 0 aliphatic rings. The SMILES string of the molecule is Cn1nccc1C(=O)Nc1nn(Cc2ccccc2Cl)cc1Br. The number of amides is 1. The molecule has 0 fully saturated rings. The zero-order valence-corrected chi connectivity index (χ0v) is 14.5. The molecule has 23 heavy (non-hydrogen) atoms. The number of benzene rings is 1. The quantitative estimate of drug-likeness (QED) is 0.738. The van der Waals surface area contributed by atoms with E-state index >= 15 is 0 Å². The minimum absolute atomic E-state index is 0.270. The van der Waals surface area contributed by atoms with Gasteiger partial charge in [0.25, 0.3) is 5.91 Å². The number of hydrogen-bond donors (Lipinski definition) is 1. The maximum absolute atomic E-state index is 12.2. The van der Waals surface area contributed by atoms with E-state index in [2.05, 4.69) is 31.4 Å². The van der Waals surface area contributed by atoms with E-state index in [0.717, 1.165) is 5.56 Å². The van der Waals surface area contributed by atoms with Gasteiger partial charge in [0.05, 0.1) is 11.0 Å². The van der Waals surface area contributed by atoms with Gasteiger partial charge >= 0.3 is 0 Å². The van der Waals surface area contributed by atoms with Crippen LogP contribution in [-0.4, -0.2) is 25.5 Å². The first-order valence-electron chi connectivity index (χ1n) is 6.80. The fraction of sp³-hybridized carbons (Fsp3) is 0.133. The molecule has 1 N–H and O–H groups in total. The van der Waals surface area contributed by atoms with Crippen molar-refractivity contribution < 1.29 is 4.79 Å². The van der Waals surface area contributed by atoms with Crippen LogP contribution in [0.25, 0.3) is 0 Å². The Bertz CT molecular complexity index is 857. The summed E-state index contributed by atoms with van der Waals surface area (Å²) >= 11 is 9.56. The zero-order valence-electron chi connectivity index (χ0n) is 12.2. The number of nitrogens with one attached hydrogen (secondary N) is 1. The molecule has 2 aromatic heterocycles. The topological polar surface area (TPSA) is 64.7 Å². The normalized spacial score (nSPS) is 10.7. The Morgan fingerprint density at radius 1 is 1.35 bits per heavy atom. The van der Waals surface area contributed by atoms with Gasteiger partial charge in [-0.3, -0.25) is 14.2 Å². The fourth-order valence-corrected chi connectivity index (χ4v) is 2.74. The first-order valence-corrected chi connectivity index (χ1v) is 7.97. The molecule has 0 atom stereocenters. The molecule has 0 bridgehead atoms. The summed E-state index contributed by atoms with van der Waals surface area (Å²) in [6.07, 6.45) is 3.36. The Balaban J connectivity index is 1.78. The Morgan fingerprint density at radius 3 is 2.83 bits per heavy atom. The lowest BCUT2D eigenvalue weighted by Gasteiger charge is -2.04. The van der Waals surface area contributed by atoms with Crippen LogP contribution in [0.15, 0.2) is 47.2 Å². The van der Waals surface area contributed by atoms with Crippen LogP contribution < -0.4 is 5.32 Å². The third-order valence-corrected chi connectivity index (χ3v) is 4.24. The minimum Gasteiger partial charge on any atom is -0.303 e. The Kier molecular flexibility index (Phi) is 4.49. The highest BCUT2D eigenvalue weighted by Gasteiger charge is 2.15. The molecule has 0 aliphatic heterocycles. The fourth-order valence-electron chi connectivity index (χ4n) is 2.13. The molecule has 0 saturated carbocycles. The lowest BCUT2D eigenvalue weighted by molar-refractivity contribution is 0.101. The van der Waals surface area contributed by atoms with Gasteiger partial charge in [0.15, 0.2) is 5.82 Å². The summed E-state index contributed by atoms with van der Waals surface area (Å²) in [5.74, 6) is 0.178. The monoisotopic (exact) mass is 393 g/mol. The van der Waals surface area contributed by atoms with E-state index in [4.69, 9.17) is 11.6 Å². The summed E-state index contributed by atoms with van der Waals surface area (Å²) in [7, 11) is 1.71. The van der Waals surface area contributed by atoms with E-state index in [1.807, 2.05) is 24.3 Å². The summed E-state index contributed by atoms with van der Waals surface area (Å²) in [5, 5.41) is 11.8. The molecule has 0 unspecified atom stereocenters. The van der Waals surface area contributed by atoms with Crippen molar-refractivity contribution in [2.24, 2.45) is 7.05 Å². The van der Waals surface area contributed by atoms with E-state index in [-0.39, 0.29) is 5.91 Å². The van der Waals surface area contributed by atoms with Gasteiger partial charge in [-0.05, 0) is 33.6 Å². The number of anilines is 1. The molecule has 1 amide bonds. The first-order chi connectivity index (χ1) is 11.0. The van der Waals surface area contributed by atoms with Crippen molar-refractivity contribution in [2.75, 3.05) is 5.32 Å². The second-order valence-corrected chi connectivity index (χ2v) is 6.17. The first kappa shape index (κ1) is 15.8. The van der Waals surface area contributed by atoms with Crippen LogP contribution in [0.3, 0.4) is 0 Å². The minimum atomic E-state index is -0.270. The summed E-state index contributed by atoms with van der Waals surface area (Å²) in [6.45, 7) is 0.514. The Hall–Kier alpha value is -2.12. The second kappa shape index (κ2) is 6.55. The largest absolute Gasteiger partial charge is 0.303 e. The number of aromatic nitrogens is 4. The molecule has 118 valence electrons. The predicted octanol–water partition coefficient (Wildman–Crippen LogP) is 3.33. The standard InChI is InChI=1S/C15H13BrClN5O/c1-21-13(6-7-18-21)15(23)19-14-11(16)9-22(20-14)8-10-4-2-3-5-12(10)17/h2-7,9H,8H2,1H3,(H,19,20,23). The van der Waals surface area contributed by atoms with Crippen LogP contribution in [0.4, 0.5) is 5.82 Å². The van der Waals surface area contributed by atoms with E-state index in [0.29, 0.717) is 27.6 Å². The average Bonchev–Trinajstić information content (AvgIpc) is 3.08. The molecular formula is C15H13BrClN5O. The number of aryl methyl sites for hydroxylation is 1. The molecule has 0 aliphatic carbocycles. The molecule has 0 spiro atoms. The highest BCUT2D eigenvalue weighted by atomic mass is 79.9. The van der Waals surface area contributed by atoms with E-state index in [1.54, 1.807) is 30.2 Å². The third kappa shape index (κ3) is 3.46. The van der Waals surface area contributed by atoms with Crippen molar-refractivity contribution in [1.82, 2.24) is 19.6 Å². The molecule has 0 radical (unpaired) electrons. The van der Waals surface area contributed by atoms with Crippen LogP contribution >= 0.6 is 27.5 Å². The number of halogens is 2. The number of nitrogens with zero attached hydrogens (tertiary/aromatic N) is 4. The van der Waals surface area contributed by atoms with Crippen molar-refractivity contribution >= 4 is 39.3 Å². The molecule has 3 rings (SSSR count). The summed E-state index contributed by atoms with van der Waals surface area (Å²) in [6, 6.07) is 9.21. The summed E-state index contributed by atoms with van der Waals surface area (Å²) in [5.41, 5.74) is 1.41. The number of carbonyl (C=O) groups excluding carboxylic acids is 1. The molecule has 3 aromatic rings. The molecule has 6 nitrogen and oxygen atoms in total. The molecule has 0 saturated heterocycles. The predicted molar refractivity (Wildman–Crippen MR) is 91.6 cm³/mol. The van der Waals surface area contributed by atoms with Crippen molar-refractivity contribution in [3.05, 3.63) is 63.5 Å². The molecule has 1 aromatic carbocycles. The van der Waals surface area contributed by atoms with Gasteiger partial charge in [-0.1, -0.05) is 29.8 Å². The summed E-state index contributed by atoms with van der Waals surface area (Å²) < 4.78 is 3.91. The van der Waals surface area contributed by atoms with Crippen molar-refractivity contribution in [1.29, 1.82) is 0 Å². The van der Waals surface area contributed by atoms with Crippen LogP contribution in [-0.2, 0) is 13.6 Å². The highest BCUT2D eigenvalue weighted by Crippen LogP contribution is 2.23. The van der Waals surface area contributed by atoms with Gasteiger partial charge in [0.2, 0.25) is 0 Å². The maximum Gasteiger partial charge on any atom is 0.275 e. The van der Waals surface area contributed by atoms with Gasteiger partial charge in [-0.2, -0.15) is 10.2 Å². The van der Waals surface area contributed by atoms with E-state index < -0.39 is 0 Å². The van der Waals surface area contributed by atoms with Crippen molar-refractivity contribution in [3.63, 3.8) is 0 Å². The van der Waals surface area contributed by atoms with Crippen molar-refractivity contribution in [3.8, 4) is 0 Å². The van der Waals surface area contributed by atoms with Crippen molar-refractivity contribution in [2.45, 2.75) is 6.54 Å². The molecule has 2 heterocycles.